The molecule has 11 heteroatoms. The molecule has 0 saturated heterocycles. The van der Waals surface area contributed by atoms with Crippen LogP contribution >= 0.6 is 15.9 Å². The fraction of sp³-hybridized carbons (Fsp3) is 0.333. The lowest BCUT2D eigenvalue weighted by Crippen LogP contribution is -2.49. The van der Waals surface area contributed by atoms with Crippen LogP contribution in [-0.2, 0) is 25.7 Å². The topological polar surface area (TPSA) is 141 Å². The minimum atomic E-state index is -1.04. The molecule has 2 aromatic rings. The Bertz CT molecular complexity index is 1040. The molecule has 0 aliphatic heterocycles. The van der Waals surface area contributed by atoms with Gasteiger partial charge in [-0.25, -0.2) is 10.2 Å². The molecule has 0 spiro atoms. The maximum absolute atomic E-state index is 12.7. The van der Waals surface area contributed by atoms with Crippen molar-refractivity contribution in [3.8, 4) is 5.75 Å². The summed E-state index contributed by atoms with van der Waals surface area (Å²) in [6.07, 6.45) is 0.663. The first kappa shape index (κ1) is 27.8. The van der Waals surface area contributed by atoms with Gasteiger partial charge in [0.05, 0.1) is 23.9 Å². The molecule has 10 nitrogen and oxygen atoms in total. The van der Waals surface area contributed by atoms with Gasteiger partial charge in [-0.05, 0) is 66.0 Å². The smallest absolute Gasteiger partial charge is 0.408 e. The Hall–Kier alpha value is -3.44. The fourth-order valence-corrected chi connectivity index (χ4v) is 3.12. The van der Waals surface area contributed by atoms with Crippen molar-refractivity contribution in [2.75, 3.05) is 13.2 Å². The number of amides is 3. The lowest BCUT2D eigenvalue weighted by atomic mass is 10.2. The van der Waals surface area contributed by atoms with E-state index in [-0.39, 0.29) is 19.8 Å². The molecule has 0 bridgehead atoms. The third-order valence-corrected chi connectivity index (χ3v) is 4.74. The normalized spacial score (nSPS) is 12.1. The van der Waals surface area contributed by atoms with Crippen LogP contribution in [0.3, 0.4) is 0 Å². The first-order chi connectivity index (χ1) is 16.5. The molecule has 2 rings (SSSR count). The minimum absolute atomic E-state index is 0.0903. The average Bonchev–Trinajstić information content (AvgIpc) is 2.77. The Morgan fingerprint density at radius 2 is 1.86 bits per heavy atom. The van der Waals surface area contributed by atoms with Crippen LogP contribution in [0, 0.1) is 0 Å². The highest BCUT2D eigenvalue weighted by Crippen LogP contribution is 2.25. The van der Waals surface area contributed by atoms with E-state index in [0.29, 0.717) is 15.8 Å². The summed E-state index contributed by atoms with van der Waals surface area (Å²) >= 11 is 3.34. The van der Waals surface area contributed by atoms with Crippen LogP contribution < -0.4 is 21.2 Å². The molecule has 0 heterocycles. The van der Waals surface area contributed by atoms with Gasteiger partial charge in [-0.3, -0.25) is 9.59 Å². The summed E-state index contributed by atoms with van der Waals surface area (Å²) in [6.45, 7) is 5.09. The van der Waals surface area contributed by atoms with Crippen molar-refractivity contribution in [1.82, 2.24) is 10.7 Å². The first-order valence-corrected chi connectivity index (χ1v) is 11.5. The molecule has 0 aliphatic carbocycles. The third-order valence-electron chi connectivity index (χ3n) is 4.12. The van der Waals surface area contributed by atoms with Gasteiger partial charge in [-0.2, -0.15) is 5.10 Å². The Morgan fingerprint density at radius 3 is 2.49 bits per heavy atom. The molecule has 3 amide bonds. The maximum atomic E-state index is 12.7. The van der Waals surface area contributed by atoms with E-state index in [1.807, 2.05) is 30.3 Å². The number of nitrogens with two attached hydrogens (primary N) is 1. The number of carbonyl (C=O) groups is 3. The van der Waals surface area contributed by atoms with E-state index >= 15 is 0 Å². The molecule has 0 radical (unpaired) electrons. The van der Waals surface area contributed by atoms with Crippen molar-refractivity contribution in [2.24, 2.45) is 10.8 Å². The summed E-state index contributed by atoms with van der Waals surface area (Å²) < 4.78 is 16.7. The molecule has 35 heavy (non-hydrogen) atoms. The van der Waals surface area contributed by atoms with Crippen molar-refractivity contribution >= 4 is 40.1 Å². The molecule has 0 aromatic heterocycles. The predicted octanol–water partition coefficient (Wildman–Crippen LogP) is 2.87. The second-order valence-electron chi connectivity index (χ2n) is 8.38. The zero-order valence-electron chi connectivity index (χ0n) is 19.7. The number of benzene rings is 2. The van der Waals surface area contributed by atoms with Gasteiger partial charge < -0.3 is 25.3 Å². The largest absolute Gasteiger partial charge is 0.483 e. The summed E-state index contributed by atoms with van der Waals surface area (Å²) in [5.74, 6) is -0.740. The van der Waals surface area contributed by atoms with Gasteiger partial charge in [0, 0.05) is 0 Å². The highest BCUT2D eigenvalue weighted by atomic mass is 79.9. The van der Waals surface area contributed by atoms with Gasteiger partial charge in [-0.1, -0.05) is 30.3 Å². The second-order valence-corrected chi connectivity index (χ2v) is 9.23. The Kier molecular flexibility index (Phi) is 10.7. The summed E-state index contributed by atoms with van der Waals surface area (Å²) in [7, 11) is 0. The van der Waals surface area contributed by atoms with Gasteiger partial charge >= 0.3 is 6.09 Å². The quantitative estimate of drug-likeness (QED) is 0.291. The Labute approximate surface area is 212 Å². The number of primary amides is 1. The zero-order valence-corrected chi connectivity index (χ0v) is 21.3. The summed E-state index contributed by atoms with van der Waals surface area (Å²) in [6, 6.07) is 13.4. The average molecular weight is 549 g/mol. The molecule has 0 aliphatic rings. The Morgan fingerprint density at radius 1 is 1.14 bits per heavy atom. The zero-order chi connectivity index (χ0) is 25.8. The third kappa shape index (κ3) is 11.0. The van der Waals surface area contributed by atoms with E-state index in [9.17, 15) is 14.4 Å². The van der Waals surface area contributed by atoms with E-state index < -0.39 is 29.6 Å². The highest BCUT2D eigenvalue weighted by Gasteiger charge is 2.24. The van der Waals surface area contributed by atoms with Crippen LogP contribution in [0.15, 0.2) is 58.1 Å². The number of rotatable bonds is 11. The standard InChI is InChI=1S/C24H29BrN4O6/c1-24(2,3)35-23(32)28-19(14-33-13-16-7-5-4-6-8-16)22(31)29-27-12-17-9-10-20(18(25)11-17)34-15-21(26)30/h4-12,19H,13-15H2,1-3H3,(H2,26,30)(H,28,32)(H,29,31)/b27-12-/t19-/m0/s1. The summed E-state index contributed by atoms with van der Waals surface area (Å²) in [4.78, 5) is 35.8. The Balaban J connectivity index is 1.99. The van der Waals surface area contributed by atoms with Crippen molar-refractivity contribution in [3.05, 3.63) is 64.1 Å². The lowest BCUT2D eigenvalue weighted by Gasteiger charge is -2.22. The number of nitrogens with zero attached hydrogens (tertiary/aromatic N) is 1. The molecule has 4 N–H and O–H groups in total. The molecule has 2 aromatic carbocycles. The number of hydrogen-bond acceptors (Lipinski definition) is 7. The van der Waals surface area contributed by atoms with E-state index in [1.54, 1.807) is 39.0 Å². The number of hydrogen-bond donors (Lipinski definition) is 3. The molecule has 188 valence electrons. The van der Waals surface area contributed by atoms with Gasteiger partial charge in [-0.15, -0.1) is 0 Å². The minimum Gasteiger partial charge on any atom is -0.483 e. The number of hydrazone groups is 1. The van der Waals surface area contributed by atoms with Crippen LogP contribution in [0.4, 0.5) is 4.79 Å². The van der Waals surface area contributed by atoms with E-state index in [0.717, 1.165) is 5.56 Å². The first-order valence-electron chi connectivity index (χ1n) is 10.7. The number of alkyl carbamates (subject to hydrolysis) is 1. The number of nitrogens with one attached hydrogen (secondary N) is 2. The van der Waals surface area contributed by atoms with E-state index in [1.165, 1.54) is 6.21 Å². The van der Waals surface area contributed by atoms with Crippen LogP contribution in [-0.4, -0.2) is 49.0 Å². The van der Waals surface area contributed by atoms with Gasteiger partial charge in [0.15, 0.2) is 6.61 Å². The maximum Gasteiger partial charge on any atom is 0.408 e. The van der Waals surface area contributed by atoms with Gasteiger partial charge in [0.2, 0.25) is 0 Å². The number of halogens is 1. The molecule has 0 saturated carbocycles. The van der Waals surface area contributed by atoms with Crippen molar-refractivity contribution in [1.29, 1.82) is 0 Å². The summed E-state index contributed by atoms with van der Waals surface area (Å²) in [5.41, 5.74) is 8.31. The SMILES string of the molecule is CC(C)(C)OC(=O)N[C@@H](COCc1ccccc1)C(=O)N/N=C\c1ccc(OCC(N)=O)c(Br)c1. The molecular formula is C24H29BrN4O6. The van der Waals surface area contributed by atoms with Gasteiger partial charge in [0.25, 0.3) is 11.8 Å². The van der Waals surface area contributed by atoms with Crippen molar-refractivity contribution in [3.63, 3.8) is 0 Å². The van der Waals surface area contributed by atoms with Crippen LogP contribution in [0.1, 0.15) is 31.9 Å². The monoisotopic (exact) mass is 548 g/mol. The van der Waals surface area contributed by atoms with E-state index in [2.05, 4.69) is 31.8 Å². The number of carbonyl (C=O) groups excluding carboxylic acids is 3. The summed E-state index contributed by atoms with van der Waals surface area (Å²) in [5, 5.41) is 6.46. The second kappa shape index (κ2) is 13.4. The molecule has 0 unspecified atom stereocenters. The van der Waals surface area contributed by atoms with Crippen molar-refractivity contribution < 1.29 is 28.6 Å². The van der Waals surface area contributed by atoms with E-state index in [4.69, 9.17) is 19.9 Å². The van der Waals surface area contributed by atoms with Crippen LogP contribution in [0.2, 0.25) is 0 Å². The molecule has 1 atom stereocenters. The van der Waals surface area contributed by atoms with Crippen LogP contribution in [0.5, 0.6) is 5.75 Å². The lowest BCUT2D eigenvalue weighted by molar-refractivity contribution is -0.125. The predicted molar refractivity (Wildman–Crippen MR) is 134 cm³/mol. The fourth-order valence-electron chi connectivity index (χ4n) is 2.61. The number of ether oxygens (including phenoxy) is 3. The van der Waals surface area contributed by atoms with Gasteiger partial charge in [0.1, 0.15) is 17.4 Å². The molecule has 0 fully saturated rings. The van der Waals surface area contributed by atoms with Crippen LogP contribution in [0.25, 0.3) is 0 Å². The molecular weight excluding hydrogens is 520 g/mol. The highest BCUT2D eigenvalue weighted by molar-refractivity contribution is 9.10. The van der Waals surface area contributed by atoms with Crippen molar-refractivity contribution in [2.45, 2.75) is 39.0 Å².